The molecule has 0 aromatic heterocycles. The van der Waals surface area contributed by atoms with Gasteiger partial charge in [-0.1, -0.05) is 0 Å². The number of likely N-dealkylation sites (N-methyl/N-ethyl adjacent to an activating group) is 1. The predicted octanol–water partition coefficient (Wildman–Crippen LogP) is -0.346. The minimum absolute atomic E-state index is 0.0978. The molecule has 1 amide bonds. The fraction of sp³-hybridized carbons (Fsp3) is 0.571. The first-order chi connectivity index (χ1) is 6.93. The highest BCUT2D eigenvalue weighted by molar-refractivity contribution is 5.91. The summed E-state index contributed by atoms with van der Waals surface area (Å²) in [5, 5.41) is 21.0. The topological polar surface area (TPSA) is 107 Å². The lowest BCUT2D eigenvalue weighted by Crippen LogP contribution is -2.37. The molecule has 0 saturated carbocycles. The van der Waals surface area contributed by atoms with Gasteiger partial charge in [0.25, 0.3) is 0 Å². The zero-order valence-electron chi connectivity index (χ0n) is 7.95. The van der Waals surface area contributed by atoms with Gasteiger partial charge in [0.1, 0.15) is 0 Å². The van der Waals surface area contributed by atoms with Gasteiger partial charge in [-0.15, -0.1) is 0 Å². The van der Waals surface area contributed by atoms with Crippen molar-refractivity contribution < 1.29 is 14.6 Å². The molecule has 0 bridgehead atoms. The van der Waals surface area contributed by atoms with Gasteiger partial charge in [-0.25, -0.2) is 0 Å². The van der Waals surface area contributed by atoms with Gasteiger partial charge in [-0.3, -0.25) is 25.0 Å². The number of hydrogen-bond donors (Lipinski definition) is 0. The second kappa shape index (κ2) is 4.03. The van der Waals surface area contributed by atoms with Crippen molar-refractivity contribution in [2.24, 2.45) is 0 Å². The van der Waals surface area contributed by atoms with E-state index in [1.807, 2.05) is 0 Å². The van der Waals surface area contributed by atoms with Crippen molar-refractivity contribution in [2.75, 3.05) is 13.6 Å². The van der Waals surface area contributed by atoms with Crippen LogP contribution in [0.5, 0.6) is 0 Å². The molecule has 1 atom stereocenters. The Labute approximate surface area is 84.5 Å². The summed E-state index contributed by atoms with van der Waals surface area (Å²) in [6.07, 6.45) is 0.915. The van der Waals surface area contributed by atoms with Crippen LogP contribution >= 0.6 is 0 Å². The monoisotopic (exact) mass is 215 g/mol. The summed E-state index contributed by atoms with van der Waals surface area (Å²) in [6, 6.07) is -0.976. The molecule has 0 aromatic carbocycles. The third-order valence-corrected chi connectivity index (χ3v) is 2.13. The zero-order chi connectivity index (χ0) is 11.6. The molecule has 0 fully saturated rings. The molecule has 1 rings (SSSR count). The number of carbonyl (C=O) groups excluding carboxylic acids is 1. The summed E-state index contributed by atoms with van der Waals surface area (Å²) in [6.45, 7) is -0.111. The number of rotatable bonds is 2. The largest absolute Gasteiger partial charge is 0.329 e. The summed E-state index contributed by atoms with van der Waals surface area (Å²) in [5.74, 6) is -0.788. The minimum atomic E-state index is -0.976. The van der Waals surface area contributed by atoms with E-state index in [4.69, 9.17) is 0 Å². The van der Waals surface area contributed by atoms with E-state index in [9.17, 15) is 25.0 Å². The van der Waals surface area contributed by atoms with Gasteiger partial charge in [0.15, 0.2) is 0 Å². The molecule has 1 heterocycles. The molecule has 1 unspecified atom stereocenters. The fourth-order valence-electron chi connectivity index (χ4n) is 1.31. The Bertz CT molecular complexity index is 351. The number of carbonyl (C=O) groups is 1. The van der Waals surface area contributed by atoms with E-state index >= 15 is 0 Å². The second-order valence-electron chi connectivity index (χ2n) is 3.21. The van der Waals surface area contributed by atoms with Crippen LogP contribution in [0.4, 0.5) is 0 Å². The highest BCUT2D eigenvalue weighted by atomic mass is 16.6. The van der Waals surface area contributed by atoms with Gasteiger partial charge < -0.3 is 4.90 Å². The van der Waals surface area contributed by atoms with Gasteiger partial charge in [0, 0.05) is 24.5 Å². The Morgan fingerprint density at radius 2 is 2.07 bits per heavy atom. The Kier molecular flexibility index (Phi) is 2.98. The van der Waals surface area contributed by atoms with Gasteiger partial charge in [-0.2, -0.15) is 0 Å². The van der Waals surface area contributed by atoms with E-state index in [1.54, 1.807) is 0 Å². The number of nitrogens with zero attached hydrogens (tertiary/aromatic N) is 3. The average Bonchev–Trinajstić information content (AvgIpc) is 2.27. The summed E-state index contributed by atoms with van der Waals surface area (Å²) in [4.78, 5) is 32.0. The first-order valence-corrected chi connectivity index (χ1v) is 4.17. The summed E-state index contributed by atoms with van der Waals surface area (Å²) in [7, 11) is 1.31. The molecule has 0 radical (unpaired) electrons. The lowest BCUT2D eigenvalue weighted by molar-refractivity contribution is -0.521. The third-order valence-electron chi connectivity index (χ3n) is 2.13. The molecule has 8 nitrogen and oxygen atoms in total. The predicted molar refractivity (Wildman–Crippen MR) is 48.1 cm³/mol. The molecular formula is C7H9N3O5. The molecule has 0 spiro atoms. The minimum Gasteiger partial charge on any atom is -0.329 e. The van der Waals surface area contributed by atoms with E-state index in [2.05, 4.69) is 0 Å². The lowest BCUT2D eigenvalue weighted by Gasteiger charge is -2.14. The van der Waals surface area contributed by atoms with Crippen LogP contribution in [0.2, 0.25) is 0 Å². The van der Waals surface area contributed by atoms with E-state index in [0.29, 0.717) is 0 Å². The maximum atomic E-state index is 11.3. The zero-order valence-corrected chi connectivity index (χ0v) is 7.95. The van der Waals surface area contributed by atoms with Gasteiger partial charge in [0.2, 0.25) is 6.04 Å². The molecule has 82 valence electrons. The molecule has 0 saturated heterocycles. The van der Waals surface area contributed by atoms with Gasteiger partial charge >= 0.3 is 11.6 Å². The average molecular weight is 215 g/mol. The summed E-state index contributed by atoms with van der Waals surface area (Å²) >= 11 is 0. The van der Waals surface area contributed by atoms with E-state index in [1.165, 1.54) is 7.05 Å². The maximum absolute atomic E-state index is 11.3. The number of nitro groups is 2. The highest BCUT2D eigenvalue weighted by Crippen LogP contribution is 2.12. The molecular weight excluding hydrogens is 206 g/mol. The van der Waals surface area contributed by atoms with Crippen molar-refractivity contribution in [3.8, 4) is 0 Å². The van der Waals surface area contributed by atoms with Crippen molar-refractivity contribution in [1.82, 2.24) is 4.90 Å². The van der Waals surface area contributed by atoms with Crippen LogP contribution in [-0.4, -0.2) is 40.3 Å². The fourth-order valence-corrected chi connectivity index (χ4v) is 1.31. The van der Waals surface area contributed by atoms with Crippen molar-refractivity contribution >= 4 is 5.91 Å². The molecule has 15 heavy (non-hydrogen) atoms. The van der Waals surface area contributed by atoms with E-state index < -0.39 is 27.5 Å². The first kappa shape index (κ1) is 11.1. The first-order valence-electron chi connectivity index (χ1n) is 4.17. The molecule has 8 heteroatoms. The van der Waals surface area contributed by atoms with Crippen molar-refractivity contribution in [1.29, 1.82) is 0 Å². The highest BCUT2D eigenvalue weighted by Gasteiger charge is 2.34. The van der Waals surface area contributed by atoms with Crippen LogP contribution in [-0.2, 0) is 4.79 Å². The van der Waals surface area contributed by atoms with E-state index in [-0.39, 0.29) is 13.0 Å². The number of hydrogen-bond acceptors (Lipinski definition) is 5. The standard InChI is InChI=1S/C7H9N3O5/c1-8-4-5(9(12)13)2-3-6(7(8)11)10(14)15/h3,5H,2,4H2,1H3. The van der Waals surface area contributed by atoms with E-state index in [0.717, 1.165) is 11.0 Å². The van der Waals surface area contributed by atoms with Crippen LogP contribution < -0.4 is 0 Å². The molecule has 0 N–H and O–H groups in total. The quantitative estimate of drug-likeness (QED) is 0.462. The SMILES string of the molecule is CN1CC([N+](=O)[O-])CC=C([N+](=O)[O-])C1=O. The van der Waals surface area contributed by atoms with Crippen LogP contribution in [0.15, 0.2) is 11.8 Å². The van der Waals surface area contributed by atoms with Gasteiger partial charge in [-0.05, 0) is 0 Å². The lowest BCUT2D eigenvalue weighted by atomic mass is 10.2. The van der Waals surface area contributed by atoms with Crippen LogP contribution in [0, 0.1) is 20.2 Å². The molecule has 1 aliphatic heterocycles. The maximum Gasteiger partial charge on any atom is 0.329 e. The Balaban J connectivity index is 2.97. The molecule has 0 aromatic rings. The third kappa shape index (κ3) is 2.27. The Hall–Kier alpha value is -1.99. The van der Waals surface area contributed by atoms with Gasteiger partial charge in [0.05, 0.1) is 11.5 Å². The molecule has 1 aliphatic rings. The molecule has 0 aliphatic carbocycles. The van der Waals surface area contributed by atoms with Crippen molar-refractivity contribution in [3.05, 3.63) is 32.0 Å². The smallest absolute Gasteiger partial charge is 0.329 e. The van der Waals surface area contributed by atoms with Crippen LogP contribution in [0.1, 0.15) is 6.42 Å². The Morgan fingerprint density at radius 1 is 1.47 bits per heavy atom. The van der Waals surface area contributed by atoms with Crippen molar-refractivity contribution in [2.45, 2.75) is 12.5 Å². The normalized spacial score (nSPS) is 21.9. The van der Waals surface area contributed by atoms with Crippen LogP contribution in [0.25, 0.3) is 0 Å². The number of amides is 1. The van der Waals surface area contributed by atoms with Crippen LogP contribution in [0.3, 0.4) is 0 Å². The summed E-state index contributed by atoms with van der Waals surface area (Å²) in [5.41, 5.74) is -0.596. The second-order valence-corrected chi connectivity index (χ2v) is 3.21. The summed E-state index contributed by atoms with van der Waals surface area (Å²) < 4.78 is 0. The Morgan fingerprint density at radius 3 is 2.53 bits per heavy atom. The van der Waals surface area contributed by atoms with Crippen molar-refractivity contribution in [3.63, 3.8) is 0 Å².